The van der Waals surface area contributed by atoms with Crippen molar-refractivity contribution in [3.8, 4) is 11.5 Å². The maximum absolute atomic E-state index is 13.6. The third-order valence-corrected chi connectivity index (χ3v) is 5.75. The summed E-state index contributed by atoms with van der Waals surface area (Å²) in [5, 5.41) is 10.2. The number of allylic oxidation sites excluding steroid dienone is 1. The molecule has 7 nitrogen and oxygen atoms in total. The monoisotopic (exact) mass is 460 g/mol. The number of methoxy groups -OCH3 is 2. The van der Waals surface area contributed by atoms with E-state index in [1.165, 1.54) is 14.2 Å². The van der Waals surface area contributed by atoms with Crippen LogP contribution in [-0.4, -0.2) is 39.8 Å². The number of carbonyl (C=O) groups excluding carboxylic acids is 1. The minimum absolute atomic E-state index is 0.0754. The topological polar surface area (TPSA) is 98.6 Å². The maximum atomic E-state index is 13.6. The van der Waals surface area contributed by atoms with Crippen LogP contribution in [0.2, 0.25) is 0 Å². The van der Waals surface area contributed by atoms with E-state index in [0.717, 1.165) is 11.7 Å². The smallest absolute Gasteiger partial charge is 0.336 e. The number of ketones is 1. The van der Waals surface area contributed by atoms with Gasteiger partial charge in [0.05, 0.1) is 31.5 Å². The van der Waals surface area contributed by atoms with E-state index in [0.29, 0.717) is 39.2 Å². The first kappa shape index (κ1) is 22.2. The van der Waals surface area contributed by atoms with Crippen molar-refractivity contribution in [1.29, 1.82) is 0 Å². The van der Waals surface area contributed by atoms with Crippen molar-refractivity contribution in [2.75, 3.05) is 14.2 Å². The maximum Gasteiger partial charge on any atom is 0.336 e. The molecule has 0 atom stereocenters. The molecular weight excluding hydrogens is 440 g/mol. The number of carboxylic acids is 1. The van der Waals surface area contributed by atoms with Gasteiger partial charge in [0.1, 0.15) is 11.0 Å². The molecule has 0 unspecified atom stereocenters. The average Bonchev–Trinajstić information content (AvgIpc) is 3.31. The zero-order valence-electron chi connectivity index (χ0n) is 17.9. The summed E-state index contributed by atoms with van der Waals surface area (Å²) in [7, 11) is 3.06. The lowest BCUT2D eigenvalue weighted by Crippen LogP contribution is -2.14. The lowest BCUT2D eigenvalue weighted by molar-refractivity contribution is -0.130. The molecule has 1 N–H and O–H groups in total. The number of ether oxygens (including phenoxy) is 2. The standard InChI is InChI=1S/C25H20N2O5S/c1-31-21-11-8-15(13-22(21)32-2)12-18(24(28)16-6-4-3-5-7-16)23(25(29)30)17-9-10-19-20(14-17)27-33-26-19/h3-11,13-14H,12H2,1-2H3,(H,29,30)/b23-18+. The molecule has 33 heavy (non-hydrogen) atoms. The van der Waals surface area contributed by atoms with E-state index in [1.807, 2.05) is 0 Å². The molecule has 0 bridgehead atoms. The summed E-state index contributed by atoms with van der Waals surface area (Å²) in [6.45, 7) is 0. The van der Waals surface area contributed by atoms with E-state index < -0.39 is 5.97 Å². The molecule has 166 valence electrons. The molecule has 0 amide bonds. The molecule has 0 aliphatic heterocycles. The summed E-state index contributed by atoms with van der Waals surface area (Å²) in [4.78, 5) is 26.0. The Labute approximate surface area is 194 Å². The Morgan fingerprint density at radius 2 is 1.58 bits per heavy atom. The van der Waals surface area contributed by atoms with Gasteiger partial charge in [0.25, 0.3) is 0 Å². The Kier molecular flexibility index (Phi) is 6.46. The van der Waals surface area contributed by atoms with Gasteiger partial charge in [-0.15, -0.1) is 0 Å². The molecular formula is C25H20N2O5S. The van der Waals surface area contributed by atoms with Crippen molar-refractivity contribution >= 4 is 40.1 Å². The molecule has 3 aromatic carbocycles. The number of benzene rings is 3. The zero-order valence-corrected chi connectivity index (χ0v) is 18.8. The predicted molar refractivity (Wildman–Crippen MR) is 126 cm³/mol. The van der Waals surface area contributed by atoms with Crippen molar-refractivity contribution in [2.45, 2.75) is 6.42 Å². The van der Waals surface area contributed by atoms with Gasteiger partial charge in [-0.3, -0.25) is 4.79 Å². The zero-order chi connectivity index (χ0) is 23.4. The summed E-state index contributed by atoms with van der Waals surface area (Å²) in [5.74, 6) is -0.522. The summed E-state index contributed by atoms with van der Waals surface area (Å²) in [6, 6.07) is 18.9. The number of hydrogen-bond acceptors (Lipinski definition) is 7. The van der Waals surface area contributed by atoms with Crippen LogP contribution < -0.4 is 9.47 Å². The number of Topliss-reactive ketones (excluding diaryl/α,β-unsaturated/α-hetero) is 1. The molecule has 8 heteroatoms. The first-order valence-electron chi connectivity index (χ1n) is 10.0. The van der Waals surface area contributed by atoms with Crippen LogP contribution in [-0.2, 0) is 11.2 Å². The average molecular weight is 461 g/mol. The van der Waals surface area contributed by atoms with Crippen LogP contribution in [0, 0.1) is 0 Å². The van der Waals surface area contributed by atoms with Crippen molar-refractivity contribution in [1.82, 2.24) is 8.75 Å². The van der Waals surface area contributed by atoms with Crippen molar-refractivity contribution < 1.29 is 24.2 Å². The first-order valence-corrected chi connectivity index (χ1v) is 10.7. The van der Waals surface area contributed by atoms with E-state index in [4.69, 9.17) is 9.47 Å². The van der Waals surface area contributed by atoms with Crippen molar-refractivity contribution in [3.63, 3.8) is 0 Å². The molecule has 4 rings (SSSR count). The van der Waals surface area contributed by atoms with Gasteiger partial charge in [0.15, 0.2) is 17.3 Å². The van der Waals surface area contributed by atoms with Crippen LogP contribution in [0.25, 0.3) is 16.6 Å². The number of carbonyl (C=O) groups is 2. The Balaban J connectivity index is 1.90. The van der Waals surface area contributed by atoms with Gasteiger partial charge in [0, 0.05) is 17.6 Å². The fourth-order valence-corrected chi connectivity index (χ4v) is 4.12. The largest absolute Gasteiger partial charge is 0.493 e. The summed E-state index contributed by atoms with van der Waals surface area (Å²) in [6.07, 6.45) is 0.0864. The Morgan fingerprint density at radius 3 is 2.27 bits per heavy atom. The van der Waals surface area contributed by atoms with Gasteiger partial charge in [-0.25, -0.2) is 4.79 Å². The molecule has 0 spiro atoms. The Morgan fingerprint density at radius 1 is 0.848 bits per heavy atom. The van der Waals surface area contributed by atoms with Crippen LogP contribution in [0.4, 0.5) is 0 Å². The van der Waals surface area contributed by atoms with Gasteiger partial charge in [-0.1, -0.05) is 42.5 Å². The van der Waals surface area contributed by atoms with Crippen molar-refractivity contribution in [2.24, 2.45) is 0 Å². The third-order valence-electron chi connectivity index (χ3n) is 5.20. The number of rotatable bonds is 8. The predicted octanol–water partition coefficient (Wildman–Crippen LogP) is 4.67. The fourth-order valence-electron chi connectivity index (χ4n) is 3.61. The van der Waals surface area contributed by atoms with E-state index >= 15 is 0 Å². The van der Waals surface area contributed by atoms with E-state index in [-0.39, 0.29) is 23.4 Å². The Hall–Kier alpha value is -4.04. The number of carboxylic acid groups (broad SMARTS) is 1. The second-order valence-electron chi connectivity index (χ2n) is 7.19. The number of hydrogen-bond donors (Lipinski definition) is 1. The summed E-state index contributed by atoms with van der Waals surface area (Å²) in [5.41, 5.74) is 2.84. The highest BCUT2D eigenvalue weighted by Crippen LogP contribution is 2.31. The highest BCUT2D eigenvalue weighted by molar-refractivity contribution is 7.00. The Bertz CT molecular complexity index is 1360. The van der Waals surface area contributed by atoms with Gasteiger partial charge in [-0.2, -0.15) is 8.75 Å². The minimum Gasteiger partial charge on any atom is -0.493 e. The van der Waals surface area contributed by atoms with Gasteiger partial charge < -0.3 is 14.6 Å². The van der Waals surface area contributed by atoms with Gasteiger partial charge in [-0.05, 0) is 35.4 Å². The van der Waals surface area contributed by atoms with E-state index in [1.54, 1.807) is 66.7 Å². The second-order valence-corrected chi connectivity index (χ2v) is 7.72. The van der Waals surface area contributed by atoms with Crippen LogP contribution in [0.15, 0.2) is 72.3 Å². The van der Waals surface area contributed by atoms with Crippen molar-refractivity contribution in [3.05, 3.63) is 89.0 Å². The molecule has 0 saturated carbocycles. The lowest BCUT2D eigenvalue weighted by atomic mass is 9.89. The quantitative estimate of drug-likeness (QED) is 0.301. The van der Waals surface area contributed by atoms with E-state index in [9.17, 15) is 14.7 Å². The molecule has 0 aliphatic carbocycles. The molecule has 0 radical (unpaired) electrons. The second kappa shape index (κ2) is 9.62. The first-order chi connectivity index (χ1) is 16.0. The summed E-state index contributed by atoms with van der Waals surface area (Å²) >= 11 is 1.05. The molecule has 0 aliphatic rings. The fraction of sp³-hybridized carbons (Fsp3) is 0.120. The minimum atomic E-state index is -1.20. The van der Waals surface area contributed by atoms with Gasteiger partial charge >= 0.3 is 5.97 Å². The lowest BCUT2D eigenvalue weighted by Gasteiger charge is -2.14. The SMILES string of the molecule is COc1ccc(C/C(C(=O)c2ccccc2)=C(\C(=O)O)c2ccc3nsnc3c2)cc1OC. The molecule has 4 aromatic rings. The van der Waals surface area contributed by atoms with Crippen LogP contribution in [0.5, 0.6) is 11.5 Å². The van der Waals surface area contributed by atoms with Gasteiger partial charge in [0.2, 0.25) is 0 Å². The number of aromatic nitrogens is 2. The number of fused-ring (bicyclic) bond motifs is 1. The third kappa shape index (κ3) is 4.61. The molecule has 0 fully saturated rings. The van der Waals surface area contributed by atoms with Crippen LogP contribution in [0.3, 0.4) is 0 Å². The molecule has 1 aromatic heterocycles. The normalized spacial score (nSPS) is 11.7. The van der Waals surface area contributed by atoms with Crippen LogP contribution >= 0.6 is 11.7 Å². The summed E-state index contributed by atoms with van der Waals surface area (Å²) < 4.78 is 19.0. The number of nitrogens with zero attached hydrogens (tertiary/aromatic N) is 2. The highest BCUT2D eigenvalue weighted by Gasteiger charge is 2.24. The van der Waals surface area contributed by atoms with E-state index in [2.05, 4.69) is 8.75 Å². The van der Waals surface area contributed by atoms with Crippen LogP contribution in [0.1, 0.15) is 21.5 Å². The molecule has 1 heterocycles. The highest BCUT2D eigenvalue weighted by atomic mass is 32.1. The number of aliphatic carboxylic acids is 1. The molecule has 0 saturated heterocycles.